The zero-order chi connectivity index (χ0) is 14.5. The number of urea groups is 1. The van der Waals surface area contributed by atoms with Crippen LogP contribution in [0.3, 0.4) is 0 Å². The molecule has 1 atom stereocenters. The van der Waals surface area contributed by atoms with E-state index in [4.69, 9.17) is 0 Å². The zero-order valence-electron chi connectivity index (χ0n) is 10.9. The van der Waals surface area contributed by atoms with Crippen LogP contribution in [0.1, 0.15) is 16.5 Å². The lowest BCUT2D eigenvalue weighted by molar-refractivity contribution is 0.178. The van der Waals surface area contributed by atoms with E-state index in [0.29, 0.717) is 0 Å². The Morgan fingerprint density at radius 2 is 2.15 bits per heavy atom. The molecular weight excluding hydrogens is 279 g/mol. The molecular formula is C14H15FN2O2S. The zero-order valence-corrected chi connectivity index (χ0v) is 11.7. The fraction of sp³-hybridized carbons (Fsp3) is 0.214. The van der Waals surface area contributed by atoms with E-state index < -0.39 is 18.0 Å². The predicted molar refractivity (Wildman–Crippen MR) is 77.4 cm³/mol. The number of para-hydroxylation sites is 1. The molecule has 106 valence electrons. The smallest absolute Gasteiger partial charge is 0.319 e. The Morgan fingerprint density at radius 3 is 2.80 bits per heavy atom. The van der Waals surface area contributed by atoms with E-state index in [1.165, 1.54) is 23.5 Å². The average Bonchev–Trinajstić information content (AvgIpc) is 2.85. The second kappa shape index (κ2) is 6.49. The summed E-state index contributed by atoms with van der Waals surface area (Å²) in [5.41, 5.74) is 1.09. The number of carbonyl (C=O) groups is 1. The first-order chi connectivity index (χ1) is 9.58. The van der Waals surface area contributed by atoms with Gasteiger partial charge in [-0.1, -0.05) is 12.1 Å². The number of aryl methyl sites for hydroxylation is 1. The Balaban J connectivity index is 1.87. The molecule has 0 spiro atoms. The molecule has 2 amide bonds. The lowest BCUT2D eigenvalue weighted by Gasteiger charge is -2.12. The molecule has 3 N–H and O–H groups in total. The van der Waals surface area contributed by atoms with Gasteiger partial charge in [0.05, 0.1) is 12.2 Å². The number of hydrogen-bond donors (Lipinski definition) is 3. The Hall–Kier alpha value is -1.92. The molecule has 2 aromatic rings. The van der Waals surface area contributed by atoms with Crippen LogP contribution in [-0.4, -0.2) is 17.7 Å². The van der Waals surface area contributed by atoms with Gasteiger partial charge in [-0.05, 0) is 36.1 Å². The van der Waals surface area contributed by atoms with Gasteiger partial charge in [-0.15, -0.1) is 11.3 Å². The number of thiophene rings is 1. The number of carbonyl (C=O) groups excluding carboxylic acids is 1. The summed E-state index contributed by atoms with van der Waals surface area (Å²) in [6.07, 6.45) is -0.763. The van der Waals surface area contributed by atoms with Crippen LogP contribution in [0.4, 0.5) is 14.9 Å². The Kier molecular flexibility index (Phi) is 4.70. The number of hydrogen-bond acceptors (Lipinski definition) is 3. The molecule has 0 aliphatic carbocycles. The molecule has 1 aromatic heterocycles. The van der Waals surface area contributed by atoms with E-state index in [2.05, 4.69) is 10.6 Å². The average molecular weight is 294 g/mol. The van der Waals surface area contributed by atoms with E-state index in [9.17, 15) is 14.3 Å². The molecule has 0 bridgehead atoms. The van der Waals surface area contributed by atoms with Crippen molar-refractivity contribution in [3.63, 3.8) is 0 Å². The van der Waals surface area contributed by atoms with Crippen molar-refractivity contribution in [2.45, 2.75) is 13.0 Å². The minimum Gasteiger partial charge on any atom is -0.386 e. The maximum absolute atomic E-state index is 13.3. The van der Waals surface area contributed by atoms with Crippen molar-refractivity contribution in [1.82, 2.24) is 5.32 Å². The van der Waals surface area contributed by atoms with E-state index >= 15 is 0 Å². The molecule has 1 aromatic carbocycles. The van der Waals surface area contributed by atoms with Crippen molar-refractivity contribution in [2.24, 2.45) is 0 Å². The molecule has 0 saturated heterocycles. The maximum Gasteiger partial charge on any atom is 0.319 e. The van der Waals surface area contributed by atoms with Gasteiger partial charge in [-0.2, -0.15) is 0 Å². The molecule has 0 radical (unpaired) electrons. The maximum atomic E-state index is 13.3. The van der Waals surface area contributed by atoms with Gasteiger partial charge in [0.1, 0.15) is 11.9 Å². The molecule has 0 fully saturated rings. The van der Waals surface area contributed by atoms with E-state index in [1.54, 1.807) is 12.1 Å². The van der Waals surface area contributed by atoms with Gasteiger partial charge in [0.15, 0.2) is 0 Å². The number of aliphatic hydroxyl groups excluding tert-OH is 1. The van der Waals surface area contributed by atoms with Crippen LogP contribution in [0, 0.1) is 12.7 Å². The highest BCUT2D eigenvalue weighted by molar-refractivity contribution is 7.10. The third kappa shape index (κ3) is 3.55. The van der Waals surface area contributed by atoms with Gasteiger partial charge in [-0.3, -0.25) is 0 Å². The topological polar surface area (TPSA) is 61.4 Å². The molecule has 4 nitrogen and oxygen atoms in total. The summed E-state index contributed by atoms with van der Waals surface area (Å²) in [6.45, 7) is 1.97. The third-order valence-corrected chi connectivity index (χ3v) is 3.90. The number of anilines is 1. The Labute approximate surface area is 120 Å². The van der Waals surface area contributed by atoms with Crippen LogP contribution >= 0.6 is 11.3 Å². The molecule has 0 saturated carbocycles. The van der Waals surface area contributed by atoms with Crippen molar-refractivity contribution in [2.75, 3.05) is 11.9 Å². The van der Waals surface area contributed by atoms with Crippen molar-refractivity contribution < 1.29 is 14.3 Å². The normalized spacial score (nSPS) is 11.9. The summed E-state index contributed by atoms with van der Waals surface area (Å²) in [4.78, 5) is 12.4. The fourth-order valence-electron chi connectivity index (χ4n) is 1.74. The fourth-order valence-corrected chi connectivity index (χ4v) is 2.65. The molecule has 20 heavy (non-hydrogen) atoms. The van der Waals surface area contributed by atoms with Crippen LogP contribution in [0.5, 0.6) is 0 Å². The number of rotatable bonds is 4. The van der Waals surface area contributed by atoms with Crippen molar-refractivity contribution in [3.05, 3.63) is 52.0 Å². The monoisotopic (exact) mass is 294 g/mol. The summed E-state index contributed by atoms with van der Waals surface area (Å²) in [7, 11) is 0. The number of amides is 2. The highest BCUT2D eigenvalue weighted by Crippen LogP contribution is 2.23. The first kappa shape index (κ1) is 14.5. The highest BCUT2D eigenvalue weighted by atomic mass is 32.1. The first-order valence-corrected chi connectivity index (χ1v) is 6.97. The van der Waals surface area contributed by atoms with Gasteiger partial charge in [-0.25, -0.2) is 9.18 Å². The van der Waals surface area contributed by atoms with E-state index in [-0.39, 0.29) is 12.2 Å². The number of nitrogens with one attached hydrogen (secondary N) is 2. The van der Waals surface area contributed by atoms with Crippen LogP contribution in [0.2, 0.25) is 0 Å². The summed E-state index contributed by atoms with van der Waals surface area (Å²) < 4.78 is 13.3. The second-order valence-electron chi connectivity index (χ2n) is 4.30. The van der Waals surface area contributed by atoms with Crippen LogP contribution < -0.4 is 10.6 Å². The number of benzene rings is 1. The van der Waals surface area contributed by atoms with E-state index in [0.717, 1.165) is 10.4 Å². The Morgan fingerprint density at radius 1 is 1.40 bits per heavy atom. The van der Waals surface area contributed by atoms with Crippen LogP contribution in [0.25, 0.3) is 0 Å². The first-order valence-electron chi connectivity index (χ1n) is 6.09. The largest absolute Gasteiger partial charge is 0.386 e. The number of aliphatic hydroxyl groups is 1. The van der Waals surface area contributed by atoms with Gasteiger partial charge < -0.3 is 15.7 Å². The van der Waals surface area contributed by atoms with Crippen molar-refractivity contribution in [1.29, 1.82) is 0 Å². The summed E-state index contributed by atoms with van der Waals surface area (Å²) in [5.74, 6) is -0.503. The minimum atomic E-state index is -0.763. The molecule has 0 aliphatic rings. The third-order valence-electron chi connectivity index (χ3n) is 2.78. The van der Waals surface area contributed by atoms with Gasteiger partial charge in [0.2, 0.25) is 0 Å². The SMILES string of the molecule is Cc1ccsc1C(O)CNC(=O)Nc1ccccc1F. The van der Waals surface area contributed by atoms with Gasteiger partial charge in [0, 0.05) is 4.88 Å². The highest BCUT2D eigenvalue weighted by Gasteiger charge is 2.13. The molecule has 1 heterocycles. The van der Waals surface area contributed by atoms with Gasteiger partial charge in [0.25, 0.3) is 0 Å². The summed E-state index contributed by atoms with van der Waals surface area (Å²) in [6, 6.07) is 7.25. The minimum absolute atomic E-state index is 0.0711. The lowest BCUT2D eigenvalue weighted by atomic mass is 10.2. The molecule has 6 heteroatoms. The van der Waals surface area contributed by atoms with Crippen LogP contribution in [-0.2, 0) is 0 Å². The molecule has 1 unspecified atom stereocenters. The van der Waals surface area contributed by atoms with Crippen LogP contribution in [0.15, 0.2) is 35.7 Å². The molecule has 2 rings (SSSR count). The van der Waals surface area contributed by atoms with Crippen molar-refractivity contribution >= 4 is 23.1 Å². The predicted octanol–water partition coefficient (Wildman–Crippen LogP) is 3.05. The standard InChI is InChI=1S/C14H15FN2O2S/c1-9-6-7-20-13(9)12(18)8-16-14(19)17-11-5-3-2-4-10(11)15/h2-7,12,18H,8H2,1H3,(H2,16,17,19). The Bertz CT molecular complexity index is 600. The van der Waals surface area contributed by atoms with Gasteiger partial charge >= 0.3 is 6.03 Å². The quantitative estimate of drug-likeness (QED) is 0.811. The second-order valence-corrected chi connectivity index (χ2v) is 5.25. The van der Waals surface area contributed by atoms with E-state index in [1.807, 2.05) is 18.4 Å². The molecule has 0 aliphatic heterocycles. The number of halogens is 1. The summed E-state index contributed by atoms with van der Waals surface area (Å²) in [5, 5.41) is 16.7. The van der Waals surface area contributed by atoms with Crippen molar-refractivity contribution in [3.8, 4) is 0 Å². The summed E-state index contributed by atoms with van der Waals surface area (Å²) >= 11 is 1.43. The lowest BCUT2D eigenvalue weighted by Crippen LogP contribution is -2.32.